The Labute approximate surface area is 153 Å². The van der Waals surface area contributed by atoms with Gasteiger partial charge in [0.15, 0.2) is 5.96 Å². The number of carbonyl (C=O) groups is 1. The van der Waals surface area contributed by atoms with Crippen LogP contribution in [0, 0.1) is 6.92 Å². The highest BCUT2D eigenvalue weighted by Crippen LogP contribution is 2.16. The van der Waals surface area contributed by atoms with Gasteiger partial charge in [-0.15, -0.1) is 11.3 Å². The fraction of sp³-hybridized carbons (Fsp3) is 0.368. The highest BCUT2D eigenvalue weighted by molar-refractivity contribution is 7.09. The molecule has 0 saturated carbocycles. The maximum atomic E-state index is 11.9. The van der Waals surface area contributed by atoms with Crippen LogP contribution in [0.1, 0.15) is 29.0 Å². The summed E-state index contributed by atoms with van der Waals surface area (Å²) in [6.45, 7) is 4.99. The van der Waals surface area contributed by atoms with Crippen LogP contribution in [0.4, 0.5) is 0 Å². The summed E-state index contributed by atoms with van der Waals surface area (Å²) in [6.07, 6.45) is 0. The van der Waals surface area contributed by atoms with E-state index in [-0.39, 0.29) is 18.5 Å². The normalized spacial score (nSPS) is 12.6. The number of nitrogens with one attached hydrogen (secondary N) is 2. The van der Waals surface area contributed by atoms with Crippen molar-refractivity contribution in [3.63, 3.8) is 0 Å². The van der Waals surface area contributed by atoms with Gasteiger partial charge in [-0.1, -0.05) is 30.3 Å². The number of carbonyl (C=O) groups excluding carboxylic acids is 1. The van der Waals surface area contributed by atoms with Crippen LogP contribution in [0.2, 0.25) is 0 Å². The molecule has 1 atom stereocenters. The maximum Gasteiger partial charge on any atom is 0.243 e. The van der Waals surface area contributed by atoms with Crippen LogP contribution in [-0.4, -0.2) is 37.4 Å². The number of nitrogens with zero attached hydrogens (tertiary/aromatic N) is 2. The van der Waals surface area contributed by atoms with Gasteiger partial charge >= 0.3 is 0 Å². The second-order valence-electron chi connectivity index (χ2n) is 6.11. The standard InChI is InChI=1S/C19H26N4OS/c1-14-8-5-6-10-17(14)15(2)22-19(21-13-18(24)23(3)4)20-12-16-9-7-11-25-16/h5-11,15H,12-13H2,1-4H3,(H2,20,21,22). The van der Waals surface area contributed by atoms with E-state index in [1.165, 1.54) is 16.0 Å². The molecule has 2 rings (SSSR count). The number of aliphatic imine (C=N–C) groups is 1. The molecule has 0 bridgehead atoms. The molecule has 0 fully saturated rings. The van der Waals surface area contributed by atoms with E-state index in [9.17, 15) is 4.79 Å². The van der Waals surface area contributed by atoms with E-state index in [1.54, 1.807) is 30.3 Å². The van der Waals surface area contributed by atoms with Gasteiger partial charge in [0.1, 0.15) is 6.54 Å². The molecule has 0 saturated heterocycles. The minimum Gasteiger partial charge on any atom is -0.351 e. The molecule has 1 aromatic carbocycles. The third kappa shape index (κ3) is 5.90. The zero-order chi connectivity index (χ0) is 18.2. The Hall–Kier alpha value is -2.34. The minimum atomic E-state index is -0.0271. The summed E-state index contributed by atoms with van der Waals surface area (Å²) in [5.41, 5.74) is 2.44. The molecule has 0 radical (unpaired) electrons. The van der Waals surface area contributed by atoms with Crippen LogP contribution in [0.3, 0.4) is 0 Å². The Morgan fingerprint density at radius 2 is 2.00 bits per heavy atom. The molecule has 1 unspecified atom stereocenters. The summed E-state index contributed by atoms with van der Waals surface area (Å²) >= 11 is 1.69. The fourth-order valence-electron chi connectivity index (χ4n) is 2.38. The van der Waals surface area contributed by atoms with Crippen molar-refractivity contribution in [3.05, 3.63) is 57.8 Å². The van der Waals surface area contributed by atoms with Crippen molar-refractivity contribution in [1.82, 2.24) is 15.5 Å². The summed E-state index contributed by atoms with van der Waals surface area (Å²) in [4.78, 5) is 19.1. The van der Waals surface area contributed by atoms with Gasteiger partial charge in [0.25, 0.3) is 0 Å². The summed E-state index contributed by atoms with van der Waals surface area (Å²) in [6, 6.07) is 12.5. The highest BCUT2D eigenvalue weighted by atomic mass is 32.1. The summed E-state index contributed by atoms with van der Waals surface area (Å²) < 4.78 is 0. The monoisotopic (exact) mass is 358 g/mol. The van der Waals surface area contributed by atoms with Gasteiger partial charge in [0.05, 0.1) is 12.6 Å². The Morgan fingerprint density at radius 3 is 2.64 bits per heavy atom. The average molecular weight is 359 g/mol. The van der Waals surface area contributed by atoms with Gasteiger partial charge in [-0.3, -0.25) is 4.79 Å². The van der Waals surface area contributed by atoms with Crippen LogP contribution >= 0.6 is 11.3 Å². The van der Waals surface area contributed by atoms with E-state index in [4.69, 9.17) is 0 Å². The summed E-state index contributed by atoms with van der Waals surface area (Å²) in [7, 11) is 3.47. The average Bonchev–Trinajstić information content (AvgIpc) is 3.10. The Bertz CT molecular complexity index is 710. The Kier molecular flexibility index (Phi) is 7.01. The lowest BCUT2D eigenvalue weighted by atomic mass is 10.0. The number of likely N-dealkylation sites (N-methyl/N-ethyl adjacent to an activating group) is 1. The van der Waals surface area contributed by atoms with Crippen LogP contribution in [0.15, 0.2) is 46.8 Å². The molecular formula is C19H26N4OS. The van der Waals surface area contributed by atoms with Crippen molar-refractivity contribution in [2.45, 2.75) is 26.4 Å². The molecule has 134 valence electrons. The zero-order valence-corrected chi connectivity index (χ0v) is 16.1. The van der Waals surface area contributed by atoms with E-state index in [2.05, 4.69) is 47.7 Å². The highest BCUT2D eigenvalue weighted by Gasteiger charge is 2.11. The molecule has 25 heavy (non-hydrogen) atoms. The molecule has 2 N–H and O–H groups in total. The van der Waals surface area contributed by atoms with Gasteiger partial charge in [-0.2, -0.15) is 0 Å². The predicted molar refractivity (Wildman–Crippen MR) is 105 cm³/mol. The quantitative estimate of drug-likeness (QED) is 0.617. The van der Waals surface area contributed by atoms with Crippen molar-refractivity contribution in [3.8, 4) is 0 Å². The molecule has 2 aromatic rings. The maximum absolute atomic E-state index is 11.9. The Balaban J connectivity index is 2.08. The molecule has 6 heteroatoms. The first kappa shape index (κ1) is 19.0. The van der Waals surface area contributed by atoms with Crippen molar-refractivity contribution in [1.29, 1.82) is 0 Å². The zero-order valence-electron chi connectivity index (χ0n) is 15.2. The second kappa shape index (κ2) is 9.22. The second-order valence-corrected chi connectivity index (χ2v) is 7.14. The fourth-order valence-corrected chi connectivity index (χ4v) is 3.02. The van der Waals surface area contributed by atoms with Gasteiger partial charge in [-0.05, 0) is 36.4 Å². The first-order valence-electron chi connectivity index (χ1n) is 8.30. The molecular weight excluding hydrogens is 332 g/mol. The van der Waals surface area contributed by atoms with Crippen molar-refractivity contribution in [2.75, 3.05) is 20.6 Å². The van der Waals surface area contributed by atoms with Crippen LogP contribution in [0.25, 0.3) is 0 Å². The van der Waals surface area contributed by atoms with Crippen molar-refractivity contribution in [2.24, 2.45) is 4.99 Å². The third-order valence-corrected chi connectivity index (χ3v) is 4.77. The summed E-state index contributed by atoms with van der Waals surface area (Å²) in [5, 5.41) is 8.77. The molecule has 1 amide bonds. The third-order valence-electron chi connectivity index (χ3n) is 3.89. The van der Waals surface area contributed by atoms with Crippen molar-refractivity contribution >= 4 is 23.2 Å². The van der Waals surface area contributed by atoms with Gasteiger partial charge < -0.3 is 15.5 Å². The first-order valence-corrected chi connectivity index (χ1v) is 9.18. The van der Waals surface area contributed by atoms with E-state index in [0.717, 1.165) is 0 Å². The first-order chi connectivity index (χ1) is 12.0. The molecule has 0 aliphatic heterocycles. The smallest absolute Gasteiger partial charge is 0.243 e. The van der Waals surface area contributed by atoms with Crippen LogP contribution in [0.5, 0.6) is 0 Å². The summed E-state index contributed by atoms with van der Waals surface area (Å²) in [5.74, 6) is 0.611. The number of amides is 1. The molecule has 5 nitrogen and oxygen atoms in total. The number of benzene rings is 1. The molecule has 1 aromatic heterocycles. The van der Waals surface area contributed by atoms with Gasteiger partial charge in [0, 0.05) is 19.0 Å². The molecule has 1 heterocycles. The predicted octanol–water partition coefficient (Wildman–Crippen LogP) is 2.94. The van der Waals surface area contributed by atoms with Crippen LogP contribution < -0.4 is 10.6 Å². The lowest BCUT2D eigenvalue weighted by Gasteiger charge is -2.20. The topological polar surface area (TPSA) is 56.7 Å². The van der Waals surface area contributed by atoms with E-state index in [0.29, 0.717) is 12.5 Å². The Morgan fingerprint density at radius 1 is 1.24 bits per heavy atom. The number of hydrogen-bond donors (Lipinski definition) is 2. The lowest BCUT2D eigenvalue weighted by molar-refractivity contribution is -0.127. The number of thiophene rings is 1. The minimum absolute atomic E-state index is 0.0271. The molecule has 0 spiro atoms. The molecule has 0 aliphatic carbocycles. The van der Waals surface area contributed by atoms with E-state index >= 15 is 0 Å². The van der Waals surface area contributed by atoms with Crippen molar-refractivity contribution < 1.29 is 4.79 Å². The van der Waals surface area contributed by atoms with Crippen LogP contribution in [-0.2, 0) is 11.3 Å². The SMILES string of the molecule is Cc1ccccc1C(C)NC(=NCC(=O)N(C)C)NCc1cccs1. The number of hydrogen-bond acceptors (Lipinski definition) is 3. The number of guanidine groups is 1. The van der Waals surface area contributed by atoms with Gasteiger partial charge in [-0.25, -0.2) is 4.99 Å². The van der Waals surface area contributed by atoms with Gasteiger partial charge in [0.2, 0.25) is 5.91 Å². The lowest BCUT2D eigenvalue weighted by Crippen LogP contribution is -2.39. The largest absolute Gasteiger partial charge is 0.351 e. The van der Waals surface area contributed by atoms with E-state index < -0.39 is 0 Å². The van der Waals surface area contributed by atoms with E-state index in [1.807, 2.05) is 23.6 Å². The molecule has 0 aliphatic rings. The number of aryl methyl sites for hydroxylation is 1. The number of rotatable bonds is 6.